The highest BCUT2D eigenvalue weighted by molar-refractivity contribution is 7.79. The third kappa shape index (κ3) is 3.35. The summed E-state index contributed by atoms with van der Waals surface area (Å²) in [4.78, 5) is 7.95. The molecular weight excluding hydrogens is 384 g/mol. The summed E-state index contributed by atoms with van der Waals surface area (Å²) in [6, 6.07) is 0.134. The Morgan fingerprint density at radius 1 is 1.12 bits per heavy atom. The highest BCUT2D eigenvalue weighted by atomic mass is 32.1. The van der Waals surface area contributed by atoms with E-state index in [0.717, 1.165) is 4.90 Å². The molecule has 2 aromatic rings. The van der Waals surface area contributed by atoms with Gasteiger partial charge in [-0.25, -0.2) is 4.98 Å². The molecule has 1 aromatic carbocycles. The van der Waals surface area contributed by atoms with Gasteiger partial charge >= 0.3 is 12.4 Å². The van der Waals surface area contributed by atoms with Crippen LogP contribution >= 0.6 is 12.2 Å². The number of aliphatic hydroxyl groups is 1. The molecule has 140 valence electrons. The minimum absolute atomic E-state index is 0.0550. The Balaban J connectivity index is 2.22. The lowest BCUT2D eigenvalue weighted by Crippen LogP contribution is -2.40. The number of H-pyrrole nitrogens is 1. The van der Waals surface area contributed by atoms with Crippen LogP contribution in [-0.2, 0) is 18.8 Å². The first-order valence-corrected chi connectivity index (χ1v) is 7.70. The molecule has 0 saturated heterocycles. The Morgan fingerprint density at radius 2 is 1.69 bits per heavy atom. The summed E-state index contributed by atoms with van der Waals surface area (Å²) in [6.07, 6.45) is -8.29. The molecule has 0 radical (unpaired) electrons. The summed E-state index contributed by atoms with van der Waals surface area (Å²) in [5.74, 6) is 0. The average molecular weight is 395 g/mol. The molecule has 1 aliphatic heterocycles. The summed E-state index contributed by atoms with van der Waals surface area (Å²) >= 11 is 4.71. The number of nitrogens with one attached hydrogen (secondary N) is 1. The number of aromatic amines is 1. The second-order valence-electron chi connectivity index (χ2n) is 5.73. The fourth-order valence-corrected chi connectivity index (χ4v) is 3.15. The molecule has 0 spiro atoms. The molecule has 4 nitrogen and oxygen atoms in total. The van der Waals surface area contributed by atoms with Gasteiger partial charge in [0.2, 0.25) is 0 Å². The summed E-state index contributed by atoms with van der Waals surface area (Å²) in [5.41, 5.74) is -2.40. The number of aliphatic hydroxyl groups excluding tert-OH is 1. The molecule has 0 saturated carbocycles. The Morgan fingerprint density at radius 3 is 2.19 bits per heavy atom. The van der Waals surface area contributed by atoms with Gasteiger partial charge in [0.05, 0.1) is 23.1 Å². The van der Waals surface area contributed by atoms with E-state index in [2.05, 4.69) is 9.97 Å². The van der Waals surface area contributed by atoms with Crippen molar-refractivity contribution in [1.82, 2.24) is 14.9 Å². The first-order valence-electron chi connectivity index (χ1n) is 7.29. The number of hydrogen-bond donors (Lipinski definition) is 2. The van der Waals surface area contributed by atoms with E-state index in [1.165, 1.54) is 6.33 Å². The van der Waals surface area contributed by atoms with Crippen molar-refractivity contribution in [1.29, 1.82) is 0 Å². The van der Waals surface area contributed by atoms with Crippen molar-refractivity contribution in [3.05, 3.63) is 52.6 Å². The predicted octanol–water partition coefficient (Wildman–Crippen LogP) is 4.24. The summed E-state index contributed by atoms with van der Waals surface area (Å²) < 4.78 is 78.7. The van der Waals surface area contributed by atoms with Gasteiger partial charge in [-0.1, -0.05) is 0 Å². The highest BCUT2D eigenvalue weighted by Crippen LogP contribution is 2.41. The average Bonchev–Trinajstić information content (AvgIpc) is 3.00. The van der Waals surface area contributed by atoms with Crippen LogP contribution in [0.3, 0.4) is 0 Å². The topological polar surface area (TPSA) is 52.1 Å². The molecule has 0 fully saturated rings. The monoisotopic (exact) mass is 395 g/mol. The molecule has 1 unspecified atom stereocenters. The lowest BCUT2D eigenvalue weighted by Gasteiger charge is -2.35. The lowest BCUT2D eigenvalue weighted by molar-refractivity contribution is -0.143. The molecule has 0 bridgehead atoms. The van der Waals surface area contributed by atoms with Gasteiger partial charge in [-0.15, -0.1) is 0 Å². The van der Waals surface area contributed by atoms with Crippen molar-refractivity contribution in [3.63, 3.8) is 0 Å². The van der Waals surface area contributed by atoms with Crippen molar-refractivity contribution >= 4 is 17.4 Å². The van der Waals surface area contributed by atoms with E-state index >= 15 is 0 Å². The minimum Gasteiger partial charge on any atom is -0.486 e. The molecule has 1 aromatic heterocycles. The molecule has 0 amide bonds. The van der Waals surface area contributed by atoms with E-state index < -0.39 is 34.7 Å². The first kappa shape index (κ1) is 18.5. The number of thiocarbonyl (C=S) groups is 1. The summed E-state index contributed by atoms with van der Waals surface area (Å²) in [5, 5.41) is 9.08. The fourth-order valence-electron chi connectivity index (χ4n) is 2.96. The van der Waals surface area contributed by atoms with Gasteiger partial charge in [-0.05, 0) is 36.0 Å². The number of benzene rings is 1. The zero-order chi connectivity index (χ0) is 19.3. The second-order valence-corrected chi connectivity index (χ2v) is 6.10. The molecule has 2 heterocycles. The maximum Gasteiger partial charge on any atom is 0.416 e. The van der Waals surface area contributed by atoms with E-state index in [9.17, 15) is 31.4 Å². The highest BCUT2D eigenvalue weighted by Gasteiger charge is 2.40. The molecule has 11 heteroatoms. The third-order valence-corrected chi connectivity index (χ3v) is 4.33. The minimum atomic E-state index is -4.97. The van der Waals surface area contributed by atoms with Crippen LogP contribution in [0, 0.1) is 0 Å². The van der Waals surface area contributed by atoms with Gasteiger partial charge < -0.3 is 15.0 Å². The largest absolute Gasteiger partial charge is 0.486 e. The zero-order valence-corrected chi connectivity index (χ0v) is 13.6. The number of imidazole rings is 1. The molecule has 2 N–H and O–H groups in total. The molecule has 0 aliphatic carbocycles. The van der Waals surface area contributed by atoms with Crippen molar-refractivity contribution in [2.24, 2.45) is 0 Å². The molecule has 26 heavy (non-hydrogen) atoms. The number of fused-ring (bicyclic) bond motifs is 1. The van der Waals surface area contributed by atoms with Crippen LogP contribution < -0.4 is 0 Å². The SMILES string of the molecule is OC(=S)N1CCc2[nH]cnc2C1c1cc(C(F)(F)F)cc(C(F)(F)F)c1. The summed E-state index contributed by atoms with van der Waals surface area (Å²) in [6.45, 7) is 0.118. The summed E-state index contributed by atoms with van der Waals surface area (Å²) in [7, 11) is 0. The van der Waals surface area contributed by atoms with Gasteiger partial charge in [0.15, 0.2) is 0 Å². The quantitative estimate of drug-likeness (QED) is 0.560. The Hall–Kier alpha value is -2.30. The first-order chi connectivity index (χ1) is 12.0. The second kappa shape index (κ2) is 6.15. The maximum absolute atomic E-state index is 13.1. The van der Waals surface area contributed by atoms with Crippen molar-refractivity contribution in [3.8, 4) is 0 Å². The van der Waals surface area contributed by atoms with Crippen LogP contribution in [0.4, 0.5) is 26.3 Å². The number of aromatic nitrogens is 2. The standard InChI is InChI=1S/C15H11F6N3OS/c16-14(17,18)8-3-7(4-9(5-8)15(19,20)21)12-11-10(22-6-23-11)1-2-24(12)13(25)26/h3-6,12H,1-2H2,(H,22,23)(H,25,26). The van der Waals surface area contributed by atoms with Crippen molar-refractivity contribution < 1.29 is 31.4 Å². The number of alkyl halides is 6. The maximum atomic E-state index is 13.1. The lowest BCUT2D eigenvalue weighted by atomic mass is 9.93. The van der Waals surface area contributed by atoms with Crippen LogP contribution in [0.25, 0.3) is 0 Å². The van der Waals surface area contributed by atoms with E-state index in [0.29, 0.717) is 24.2 Å². The fraction of sp³-hybridized carbons (Fsp3) is 0.333. The van der Waals surface area contributed by atoms with Gasteiger partial charge in [-0.3, -0.25) is 0 Å². The number of nitrogens with zero attached hydrogens (tertiary/aromatic N) is 2. The number of rotatable bonds is 1. The smallest absolute Gasteiger partial charge is 0.416 e. The van der Waals surface area contributed by atoms with Crippen LogP contribution in [0.5, 0.6) is 0 Å². The predicted molar refractivity (Wildman–Crippen MR) is 82.5 cm³/mol. The van der Waals surface area contributed by atoms with Crippen LogP contribution in [0.1, 0.15) is 34.1 Å². The Bertz CT molecular complexity index is 812. The van der Waals surface area contributed by atoms with E-state index in [1.54, 1.807) is 0 Å². The Labute approximate surface area is 148 Å². The van der Waals surface area contributed by atoms with Gasteiger partial charge in [0.1, 0.15) is 6.04 Å². The number of hydrogen-bond acceptors (Lipinski definition) is 2. The van der Waals surface area contributed by atoms with Gasteiger partial charge in [0.25, 0.3) is 5.17 Å². The van der Waals surface area contributed by atoms with Crippen LogP contribution in [0.15, 0.2) is 24.5 Å². The molecule has 1 aliphatic rings. The van der Waals surface area contributed by atoms with E-state index in [4.69, 9.17) is 12.2 Å². The number of halogens is 6. The Kier molecular flexibility index (Phi) is 4.37. The van der Waals surface area contributed by atoms with Crippen molar-refractivity contribution in [2.75, 3.05) is 6.54 Å². The van der Waals surface area contributed by atoms with E-state index in [1.807, 2.05) is 0 Å². The zero-order valence-electron chi connectivity index (χ0n) is 12.8. The van der Waals surface area contributed by atoms with Gasteiger partial charge in [0, 0.05) is 18.7 Å². The van der Waals surface area contributed by atoms with Gasteiger partial charge in [-0.2, -0.15) is 26.3 Å². The van der Waals surface area contributed by atoms with Crippen LogP contribution in [-0.4, -0.2) is 31.7 Å². The molecule has 3 rings (SSSR count). The molecule has 1 atom stereocenters. The normalized spacial score (nSPS) is 17.9. The van der Waals surface area contributed by atoms with Crippen molar-refractivity contribution in [2.45, 2.75) is 24.8 Å². The molecular formula is C15H11F6N3OS. The van der Waals surface area contributed by atoms with Crippen LogP contribution in [0.2, 0.25) is 0 Å². The van der Waals surface area contributed by atoms with E-state index in [-0.39, 0.29) is 23.9 Å². The third-order valence-electron chi connectivity index (χ3n) is 4.10.